The summed E-state index contributed by atoms with van der Waals surface area (Å²) in [4.78, 5) is 0. The number of rotatable bonds is 7. The number of hydrazine groups is 1. The monoisotopic (exact) mass is 304 g/mol. The van der Waals surface area contributed by atoms with Gasteiger partial charge in [-0.05, 0) is 37.0 Å². The van der Waals surface area contributed by atoms with Crippen molar-refractivity contribution in [1.29, 1.82) is 0 Å². The molecule has 19 heavy (non-hydrogen) atoms. The molecule has 1 atom stereocenters. The number of nitrogens with one attached hydrogen (secondary N) is 1. The summed E-state index contributed by atoms with van der Waals surface area (Å²) in [5, 5.41) is 1.31. The molecular formula is C14H22Cl2N2O. The van der Waals surface area contributed by atoms with Gasteiger partial charge in [0.2, 0.25) is 0 Å². The highest BCUT2D eigenvalue weighted by molar-refractivity contribution is 6.36. The summed E-state index contributed by atoms with van der Waals surface area (Å²) in [7, 11) is 1.71. The molecule has 1 unspecified atom stereocenters. The summed E-state index contributed by atoms with van der Waals surface area (Å²) in [6, 6.07) is 5.46. The third-order valence-corrected chi connectivity index (χ3v) is 4.62. The minimum Gasteiger partial charge on any atom is -0.377 e. The second kappa shape index (κ2) is 7.46. The lowest BCUT2D eigenvalue weighted by Crippen LogP contribution is -2.55. The van der Waals surface area contributed by atoms with Crippen LogP contribution in [-0.4, -0.2) is 18.8 Å². The van der Waals surface area contributed by atoms with E-state index in [-0.39, 0.29) is 11.6 Å². The summed E-state index contributed by atoms with van der Waals surface area (Å²) >= 11 is 12.4. The van der Waals surface area contributed by atoms with E-state index in [0.717, 1.165) is 18.4 Å². The van der Waals surface area contributed by atoms with Gasteiger partial charge < -0.3 is 4.74 Å². The zero-order chi connectivity index (χ0) is 14.5. The SMILES string of the molecule is CCC(CC)(OC)C(Cc1c(Cl)cccc1Cl)NN. The number of hydrogen-bond donors (Lipinski definition) is 2. The molecule has 108 valence electrons. The van der Waals surface area contributed by atoms with Gasteiger partial charge in [-0.3, -0.25) is 11.3 Å². The van der Waals surface area contributed by atoms with Crippen molar-refractivity contribution >= 4 is 23.2 Å². The lowest BCUT2D eigenvalue weighted by molar-refractivity contribution is -0.0472. The minimum absolute atomic E-state index is 0.0510. The molecule has 0 aliphatic carbocycles. The largest absolute Gasteiger partial charge is 0.377 e. The van der Waals surface area contributed by atoms with Crippen LogP contribution in [0.15, 0.2) is 18.2 Å². The Morgan fingerprint density at radius 1 is 1.26 bits per heavy atom. The number of nitrogens with two attached hydrogens (primary N) is 1. The molecule has 0 aliphatic heterocycles. The minimum atomic E-state index is -0.322. The first kappa shape index (κ1) is 16.7. The van der Waals surface area contributed by atoms with Crippen LogP contribution in [0.5, 0.6) is 0 Å². The fraction of sp³-hybridized carbons (Fsp3) is 0.571. The lowest BCUT2D eigenvalue weighted by Gasteiger charge is -2.38. The van der Waals surface area contributed by atoms with Gasteiger partial charge in [-0.25, -0.2) is 0 Å². The third kappa shape index (κ3) is 3.61. The Morgan fingerprint density at radius 3 is 2.16 bits per heavy atom. The van der Waals surface area contributed by atoms with Crippen LogP contribution in [-0.2, 0) is 11.2 Å². The summed E-state index contributed by atoms with van der Waals surface area (Å²) in [6.07, 6.45) is 2.35. The molecule has 5 heteroatoms. The van der Waals surface area contributed by atoms with Crippen LogP contribution in [0.1, 0.15) is 32.3 Å². The maximum absolute atomic E-state index is 6.22. The van der Waals surface area contributed by atoms with Gasteiger partial charge in [-0.1, -0.05) is 43.1 Å². The zero-order valence-electron chi connectivity index (χ0n) is 11.7. The summed E-state index contributed by atoms with van der Waals surface area (Å²) in [5.74, 6) is 5.72. The first-order valence-corrected chi connectivity index (χ1v) is 7.24. The number of methoxy groups -OCH3 is 1. The van der Waals surface area contributed by atoms with Crippen molar-refractivity contribution in [1.82, 2.24) is 5.43 Å². The molecule has 0 fully saturated rings. The standard InChI is InChI=1S/C14H22Cl2N2O/c1-4-14(5-2,19-3)13(18-17)9-10-11(15)7-6-8-12(10)16/h6-8,13,18H,4-5,9,17H2,1-3H3. The van der Waals surface area contributed by atoms with E-state index in [1.807, 2.05) is 18.2 Å². The predicted octanol–water partition coefficient (Wildman–Crippen LogP) is 3.57. The summed E-state index contributed by atoms with van der Waals surface area (Å²) in [6.45, 7) is 4.18. The number of benzene rings is 1. The summed E-state index contributed by atoms with van der Waals surface area (Å²) in [5.41, 5.74) is 3.43. The molecular weight excluding hydrogens is 283 g/mol. The molecule has 0 heterocycles. The van der Waals surface area contributed by atoms with Crippen LogP contribution < -0.4 is 11.3 Å². The van der Waals surface area contributed by atoms with Gasteiger partial charge in [0.1, 0.15) is 0 Å². The Balaban J connectivity index is 3.05. The Bertz CT molecular complexity index is 380. The zero-order valence-corrected chi connectivity index (χ0v) is 13.2. The molecule has 1 aromatic rings. The van der Waals surface area contributed by atoms with Crippen molar-refractivity contribution in [2.45, 2.75) is 44.8 Å². The lowest BCUT2D eigenvalue weighted by atomic mass is 9.84. The fourth-order valence-electron chi connectivity index (χ4n) is 2.50. The fourth-order valence-corrected chi connectivity index (χ4v) is 3.05. The number of halogens is 2. The highest BCUT2D eigenvalue weighted by Gasteiger charge is 2.35. The normalized spacial score (nSPS) is 13.6. The Kier molecular flexibility index (Phi) is 6.57. The quantitative estimate of drug-likeness (QED) is 0.598. The average Bonchev–Trinajstić information content (AvgIpc) is 2.43. The molecule has 3 nitrogen and oxygen atoms in total. The van der Waals surface area contributed by atoms with Crippen LogP contribution in [0.2, 0.25) is 10.0 Å². The van der Waals surface area contributed by atoms with Crippen molar-refractivity contribution in [3.05, 3.63) is 33.8 Å². The molecule has 0 amide bonds. The van der Waals surface area contributed by atoms with Crippen molar-refractivity contribution < 1.29 is 4.74 Å². The molecule has 0 aliphatic rings. The van der Waals surface area contributed by atoms with Crippen LogP contribution in [0.3, 0.4) is 0 Å². The molecule has 3 N–H and O–H groups in total. The van der Waals surface area contributed by atoms with E-state index < -0.39 is 0 Å². The first-order valence-electron chi connectivity index (χ1n) is 6.48. The van der Waals surface area contributed by atoms with Gasteiger partial charge in [-0.2, -0.15) is 0 Å². The van der Waals surface area contributed by atoms with E-state index in [9.17, 15) is 0 Å². The highest BCUT2D eigenvalue weighted by atomic mass is 35.5. The van der Waals surface area contributed by atoms with Gasteiger partial charge in [0.05, 0.1) is 11.6 Å². The van der Waals surface area contributed by atoms with Crippen molar-refractivity contribution in [3.8, 4) is 0 Å². The van der Waals surface area contributed by atoms with Crippen LogP contribution in [0.25, 0.3) is 0 Å². The number of ether oxygens (including phenoxy) is 1. The van der Waals surface area contributed by atoms with E-state index in [1.54, 1.807) is 7.11 Å². The van der Waals surface area contributed by atoms with Crippen LogP contribution >= 0.6 is 23.2 Å². The molecule has 0 radical (unpaired) electrons. The molecule has 1 rings (SSSR count). The molecule has 0 aromatic heterocycles. The molecule has 0 saturated heterocycles. The molecule has 1 aromatic carbocycles. The predicted molar refractivity (Wildman–Crippen MR) is 81.6 cm³/mol. The van der Waals surface area contributed by atoms with Gasteiger partial charge >= 0.3 is 0 Å². The second-order valence-electron chi connectivity index (χ2n) is 4.60. The van der Waals surface area contributed by atoms with Gasteiger partial charge in [0.25, 0.3) is 0 Å². The molecule has 0 spiro atoms. The van der Waals surface area contributed by atoms with Crippen LogP contribution in [0.4, 0.5) is 0 Å². The second-order valence-corrected chi connectivity index (χ2v) is 5.41. The van der Waals surface area contributed by atoms with E-state index in [0.29, 0.717) is 16.5 Å². The van der Waals surface area contributed by atoms with Gasteiger partial charge in [0, 0.05) is 17.2 Å². The maximum atomic E-state index is 6.22. The van der Waals surface area contributed by atoms with Crippen molar-refractivity contribution in [2.75, 3.05) is 7.11 Å². The Hall–Kier alpha value is -0.320. The highest BCUT2D eigenvalue weighted by Crippen LogP contribution is 2.31. The van der Waals surface area contributed by atoms with Crippen LogP contribution in [0, 0.1) is 0 Å². The first-order chi connectivity index (χ1) is 9.04. The Morgan fingerprint density at radius 2 is 1.79 bits per heavy atom. The smallest absolute Gasteiger partial charge is 0.0842 e. The van der Waals surface area contributed by atoms with E-state index in [2.05, 4.69) is 19.3 Å². The topological polar surface area (TPSA) is 47.3 Å². The van der Waals surface area contributed by atoms with E-state index in [4.69, 9.17) is 33.8 Å². The molecule has 0 saturated carbocycles. The van der Waals surface area contributed by atoms with E-state index >= 15 is 0 Å². The van der Waals surface area contributed by atoms with Crippen molar-refractivity contribution in [3.63, 3.8) is 0 Å². The van der Waals surface area contributed by atoms with Crippen molar-refractivity contribution in [2.24, 2.45) is 5.84 Å². The number of hydrogen-bond acceptors (Lipinski definition) is 3. The Labute approximate surface area is 125 Å². The maximum Gasteiger partial charge on any atom is 0.0842 e. The van der Waals surface area contributed by atoms with Gasteiger partial charge in [-0.15, -0.1) is 0 Å². The average molecular weight is 305 g/mol. The summed E-state index contributed by atoms with van der Waals surface area (Å²) < 4.78 is 5.71. The molecule has 0 bridgehead atoms. The third-order valence-electron chi connectivity index (χ3n) is 3.91. The van der Waals surface area contributed by atoms with E-state index in [1.165, 1.54) is 0 Å². The van der Waals surface area contributed by atoms with Gasteiger partial charge in [0.15, 0.2) is 0 Å².